The minimum Gasteiger partial charge on any atom is -0.457 e. The van der Waals surface area contributed by atoms with Crippen LogP contribution in [0.4, 0.5) is 34.1 Å². The molecule has 0 radical (unpaired) electrons. The normalized spacial score (nSPS) is 13.1. The van der Waals surface area contributed by atoms with Gasteiger partial charge in [-0.15, -0.1) is 0 Å². The quantitative estimate of drug-likeness (QED) is 0.165. The summed E-state index contributed by atoms with van der Waals surface area (Å²) in [4.78, 5) is 4.95. The molecule has 5 heterocycles. The van der Waals surface area contributed by atoms with Crippen LogP contribution in [-0.2, 0) is 0 Å². The lowest BCUT2D eigenvalue weighted by Gasteiger charge is -2.44. The van der Waals surface area contributed by atoms with E-state index < -0.39 is 0 Å². The Labute approximate surface area is 379 Å². The molecule has 5 nitrogen and oxygen atoms in total. The van der Waals surface area contributed by atoms with Crippen LogP contribution in [0.15, 0.2) is 226 Å². The number of benzene rings is 10. The maximum absolute atomic E-state index is 7.08. The van der Waals surface area contributed by atoms with E-state index in [9.17, 15) is 0 Å². The first kappa shape index (κ1) is 35.7. The number of nitrogens with zero attached hydrogens (tertiary/aromatic N) is 2. The largest absolute Gasteiger partial charge is 0.457 e. The molecule has 13 aromatic rings. The maximum Gasteiger partial charge on any atom is 0.257 e. The Morgan fingerprint density at radius 1 is 0.288 bits per heavy atom. The molecule has 66 heavy (non-hydrogen) atoms. The number of furan rings is 3. The van der Waals surface area contributed by atoms with Crippen LogP contribution in [0.1, 0.15) is 0 Å². The zero-order valence-corrected chi connectivity index (χ0v) is 35.4. The van der Waals surface area contributed by atoms with E-state index in [1.54, 1.807) is 0 Å². The van der Waals surface area contributed by atoms with Gasteiger partial charge in [-0.25, -0.2) is 0 Å². The Morgan fingerprint density at radius 2 is 0.742 bits per heavy atom. The monoisotopic (exact) mass is 842 g/mol. The molecule has 0 amide bonds. The van der Waals surface area contributed by atoms with Gasteiger partial charge in [0, 0.05) is 78.3 Å². The average molecular weight is 843 g/mol. The van der Waals surface area contributed by atoms with Crippen LogP contribution in [0.2, 0.25) is 0 Å². The summed E-state index contributed by atoms with van der Waals surface area (Å²) < 4.78 is 20.5. The molecule has 10 aromatic carbocycles. The highest BCUT2D eigenvalue weighted by molar-refractivity contribution is 7.01. The highest BCUT2D eigenvalue weighted by Crippen LogP contribution is 2.51. The van der Waals surface area contributed by atoms with Gasteiger partial charge in [0.1, 0.15) is 33.5 Å². The van der Waals surface area contributed by atoms with Gasteiger partial charge in [-0.1, -0.05) is 140 Å². The molecule has 306 valence electrons. The SMILES string of the molecule is c1ccc(-c2cc3c(cc2N2c4ccccc4B4c5c2cccc5N(c2cc5oc6ccccc6c5cc2-c2ccccc2)c2ccc5c(oc6ccccc65)c24)oc2ccccc23)cc1. The van der Waals surface area contributed by atoms with Gasteiger partial charge in [0.15, 0.2) is 0 Å². The molecule has 0 N–H and O–H groups in total. The lowest BCUT2D eigenvalue weighted by Crippen LogP contribution is -2.61. The molecular weight excluding hydrogens is 807 g/mol. The third kappa shape index (κ3) is 4.90. The topological polar surface area (TPSA) is 45.9 Å². The van der Waals surface area contributed by atoms with Crippen molar-refractivity contribution < 1.29 is 13.3 Å². The summed E-state index contributed by atoms with van der Waals surface area (Å²) >= 11 is 0. The predicted octanol–water partition coefficient (Wildman–Crippen LogP) is 14.8. The van der Waals surface area contributed by atoms with Crippen molar-refractivity contribution in [3.05, 3.63) is 212 Å². The summed E-state index contributed by atoms with van der Waals surface area (Å²) in [6, 6.07) is 76.0. The van der Waals surface area contributed by atoms with Crippen LogP contribution < -0.4 is 26.2 Å². The third-order valence-electron chi connectivity index (χ3n) is 14.1. The number of hydrogen-bond donors (Lipinski definition) is 0. The Bertz CT molecular complexity index is 4130. The summed E-state index contributed by atoms with van der Waals surface area (Å²) in [5.41, 5.74) is 19.6. The number of anilines is 6. The van der Waals surface area contributed by atoms with Crippen LogP contribution >= 0.6 is 0 Å². The fraction of sp³-hybridized carbons (Fsp3) is 0. The van der Waals surface area contributed by atoms with E-state index >= 15 is 0 Å². The van der Waals surface area contributed by atoms with Crippen LogP contribution in [0.5, 0.6) is 0 Å². The van der Waals surface area contributed by atoms with Crippen LogP contribution in [-0.4, -0.2) is 6.71 Å². The van der Waals surface area contributed by atoms with Gasteiger partial charge in [-0.2, -0.15) is 0 Å². The number of rotatable bonds is 4. The Hall–Kier alpha value is -8.74. The summed E-state index contributed by atoms with van der Waals surface area (Å²) in [5.74, 6) is 0. The molecule has 0 spiro atoms. The second-order valence-electron chi connectivity index (χ2n) is 17.5. The Kier molecular flexibility index (Phi) is 7.24. The molecular formula is C60H35BN2O3. The lowest BCUT2D eigenvalue weighted by molar-refractivity contribution is 0.668. The lowest BCUT2D eigenvalue weighted by atomic mass is 9.33. The first-order valence-corrected chi connectivity index (χ1v) is 22.5. The molecule has 2 aliphatic heterocycles. The highest BCUT2D eigenvalue weighted by Gasteiger charge is 2.45. The van der Waals surface area contributed by atoms with E-state index in [2.05, 4.69) is 210 Å². The van der Waals surface area contributed by atoms with Crippen LogP contribution in [0, 0.1) is 0 Å². The summed E-state index contributed by atoms with van der Waals surface area (Å²) in [7, 11) is 0. The molecule has 0 atom stereocenters. The summed E-state index contributed by atoms with van der Waals surface area (Å²) in [6.07, 6.45) is 0. The van der Waals surface area contributed by atoms with Crippen molar-refractivity contribution in [1.29, 1.82) is 0 Å². The minimum absolute atomic E-state index is 0.163. The second-order valence-corrected chi connectivity index (χ2v) is 17.5. The standard InChI is InChI=1S/C60H35BN2O3/c1-3-16-36(17-4-1)42-32-44-39-21-8-12-27-53(39)64-56(44)34-51(42)62-47-24-11-10-23-46(47)61-58-48(62)25-15-26-49(58)63(50-31-30-41-38-20-7-14-29-55(38)66-60(41)59(50)61)52-35-57-45(40-22-9-13-28-54(40)65-57)33-43(52)37-18-5-2-6-19-37/h1-35H. The molecule has 0 saturated heterocycles. The van der Waals surface area contributed by atoms with E-state index in [0.717, 1.165) is 128 Å². The molecule has 15 rings (SSSR count). The maximum atomic E-state index is 7.08. The summed E-state index contributed by atoms with van der Waals surface area (Å²) in [5, 5.41) is 6.58. The Balaban J connectivity index is 1.08. The van der Waals surface area contributed by atoms with Crippen LogP contribution in [0.3, 0.4) is 0 Å². The molecule has 3 aromatic heterocycles. The van der Waals surface area contributed by atoms with E-state index in [4.69, 9.17) is 13.3 Å². The fourth-order valence-electron chi connectivity index (χ4n) is 11.3. The van der Waals surface area contributed by atoms with Crippen molar-refractivity contribution in [2.24, 2.45) is 0 Å². The zero-order valence-electron chi connectivity index (χ0n) is 35.4. The van der Waals surface area contributed by atoms with Crippen LogP contribution in [0.25, 0.3) is 88.1 Å². The Morgan fingerprint density at radius 3 is 1.33 bits per heavy atom. The van der Waals surface area contributed by atoms with E-state index in [-0.39, 0.29) is 6.71 Å². The molecule has 0 saturated carbocycles. The van der Waals surface area contributed by atoms with Crippen molar-refractivity contribution in [2.75, 3.05) is 9.80 Å². The van der Waals surface area contributed by atoms with Crippen molar-refractivity contribution >= 4 is 123 Å². The smallest absolute Gasteiger partial charge is 0.257 e. The van der Waals surface area contributed by atoms with E-state index in [1.807, 2.05) is 12.1 Å². The second kappa shape index (κ2) is 13.4. The molecule has 6 heteroatoms. The molecule has 0 aliphatic carbocycles. The molecule has 2 aliphatic rings. The van der Waals surface area contributed by atoms with Gasteiger partial charge in [0.05, 0.1) is 11.4 Å². The predicted molar refractivity (Wildman–Crippen MR) is 273 cm³/mol. The van der Waals surface area contributed by atoms with Gasteiger partial charge in [0.25, 0.3) is 6.71 Å². The first-order chi connectivity index (χ1) is 32.7. The zero-order chi connectivity index (χ0) is 43.0. The van der Waals surface area contributed by atoms with Gasteiger partial charge in [-0.05, 0) is 88.2 Å². The van der Waals surface area contributed by atoms with Gasteiger partial charge in [0.2, 0.25) is 0 Å². The molecule has 0 fully saturated rings. The van der Waals surface area contributed by atoms with E-state index in [1.165, 1.54) is 10.9 Å². The summed E-state index contributed by atoms with van der Waals surface area (Å²) in [6.45, 7) is -0.163. The number of hydrogen-bond acceptors (Lipinski definition) is 5. The van der Waals surface area contributed by atoms with Crippen molar-refractivity contribution in [2.45, 2.75) is 0 Å². The number of para-hydroxylation sites is 4. The van der Waals surface area contributed by atoms with Crippen molar-refractivity contribution in [3.8, 4) is 22.3 Å². The molecule has 0 bridgehead atoms. The fourth-order valence-corrected chi connectivity index (χ4v) is 11.3. The molecule has 0 unspecified atom stereocenters. The van der Waals surface area contributed by atoms with E-state index in [0.29, 0.717) is 0 Å². The third-order valence-corrected chi connectivity index (χ3v) is 14.1. The minimum atomic E-state index is -0.163. The first-order valence-electron chi connectivity index (χ1n) is 22.5. The van der Waals surface area contributed by atoms with Gasteiger partial charge in [-0.3, -0.25) is 0 Å². The van der Waals surface area contributed by atoms with Crippen molar-refractivity contribution in [1.82, 2.24) is 0 Å². The van der Waals surface area contributed by atoms with Crippen molar-refractivity contribution in [3.63, 3.8) is 0 Å². The average Bonchev–Trinajstić information content (AvgIpc) is 4.07. The van der Waals surface area contributed by atoms with Gasteiger partial charge < -0.3 is 23.1 Å². The number of fused-ring (bicyclic) bond motifs is 14. The highest BCUT2D eigenvalue weighted by atomic mass is 16.3. The van der Waals surface area contributed by atoms with Gasteiger partial charge >= 0.3 is 0 Å².